The number of benzene rings is 2. The van der Waals surface area contributed by atoms with Crippen molar-refractivity contribution in [3.8, 4) is 11.4 Å². The van der Waals surface area contributed by atoms with Gasteiger partial charge in [0, 0.05) is 23.9 Å². The Morgan fingerprint density at radius 1 is 1.08 bits per heavy atom. The lowest BCUT2D eigenvalue weighted by molar-refractivity contribution is -0.213. The molecule has 1 amide bonds. The molecule has 0 aliphatic carbocycles. The number of aliphatic imine (C=N–C) groups is 1. The third-order valence-corrected chi connectivity index (χ3v) is 3.34. The van der Waals surface area contributed by atoms with Crippen LogP contribution in [0.4, 0.5) is 5.69 Å². The van der Waals surface area contributed by atoms with E-state index in [0.717, 1.165) is 5.56 Å². The van der Waals surface area contributed by atoms with Gasteiger partial charge in [0.15, 0.2) is 0 Å². The molecule has 1 heterocycles. The van der Waals surface area contributed by atoms with Crippen LogP contribution in [0.15, 0.2) is 53.5 Å². The van der Waals surface area contributed by atoms with Gasteiger partial charge in [0.05, 0.1) is 0 Å². The highest BCUT2D eigenvalue weighted by Crippen LogP contribution is 2.16. The summed E-state index contributed by atoms with van der Waals surface area (Å²) in [6.07, 6.45) is 0. The average molecular weight is 321 g/mol. The van der Waals surface area contributed by atoms with E-state index in [2.05, 4.69) is 30.9 Å². The molecule has 120 valence electrons. The number of carbonyl (C=O) groups excluding carboxylic acids is 1. The first-order valence-electron chi connectivity index (χ1n) is 7.07. The standard InChI is InChI=1S/C16H14N6O2/c1-17-15(23)11-6-8-13(9-7-11)18-16(24)12-4-2-10(3-5-12)14-19-21-22-20-14/h2-9H,1H3,(H,17,23)(H,18,24)(H,19,20,21,22)/p-1. The van der Waals surface area contributed by atoms with Crippen molar-refractivity contribution in [2.45, 2.75) is 0 Å². The molecule has 8 nitrogen and oxygen atoms in total. The number of carbonyl (C=O) groups is 1. The quantitative estimate of drug-likeness (QED) is 0.545. The monoisotopic (exact) mass is 321 g/mol. The third-order valence-electron chi connectivity index (χ3n) is 3.34. The highest BCUT2D eigenvalue weighted by atomic mass is 16.3. The molecule has 3 aromatic rings. The van der Waals surface area contributed by atoms with Gasteiger partial charge in [0.25, 0.3) is 5.91 Å². The molecule has 0 bridgehead atoms. The van der Waals surface area contributed by atoms with Crippen LogP contribution in [0.3, 0.4) is 0 Å². The van der Waals surface area contributed by atoms with Gasteiger partial charge >= 0.3 is 0 Å². The number of hydrogen-bond acceptors (Lipinski definition) is 6. The van der Waals surface area contributed by atoms with Gasteiger partial charge in [-0.05, 0) is 40.9 Å². The van der Waals surface area contributed by atoms with Crippen LogP contribution in [-0.4, -0.2) is 39.5 Å². The van der Waals surface area contributed by atoms with E-state index in [9.17, 15) is 9.90 Å². The molecule has 0 atom stereocenters. The zero-order valence-electron chi connectivity index (χ0n) is 12.7. The van der Waals surface area contributed by atoms with Crippen LogP contribution in [0.2, 0.25) is 0 Å². The molecule has 3 rings (SSSR count). The molecule has 0 aliphatic heterocycles. The van der Waals surface area contributed by atoms with E-state index in [-0.39, 0.29) is 11.8 Å². The summed E-state index contributed by atoms with van der Waals surface area (Å²) in [5, 5.41) is 27.8. The summed E-state index contributed by atoms with van der Waals surface area (Å²) >= 11 is 0. The molecule has 1 aromatic heterocycles. The molecule has 0 aliphatic rings. The molecule has 0 saturated carbocycles. The van der Waals surface area contributed by atoms with E-state index < -0.39 is 0 Å². The largest absolute Gasteiger partial charge is 0.859 e. The van der Waals surface area contributed by atoms with Crippen LogP contribution in [0.5, 0.6) is 0 Å². The predicted octanol–water partition coefficient (Wildman–Crippen LogP) is 0.856. The van der Waals surface area contributed by atoms with E-state index in [1.165, 1.54) is 7.05 Å². The maximum atomic E-state index is 12.2. The second-order valence-electron chi connectivity index (χ2n) is 4.87. The minimum atomic E-state index is -0.301. The van der Waals surface area contributed by atoms with E-state index >= 15 is 0 Å². The summed E-state index contributed by atoms with van der Waals surface area (Å²) in [4.78, 5) is 15.8. The highest BCUT2D eigenvalue weighted by molar-refractivity contribution is 6.04. The molecular formula is C16H13N6O2-. The number of hydrogen-bond donors (Lipinski definition) is 2. The Morgan fingerprint density at radius 2 is 1.75 bits per heavy atom. The Balaban J connectivity index is 1.70. The first kappa shape index (κ1) is 15.3. The molecule has 0 radical (unpaired) electrons. The van der Waals surface area contributed by atoms with Crippen LogP contribution in [-0.2, 0) is 0 Å². The van der Waals surface area contributed by atoms with Crippen molar-refractivity contribution >= 4 is 17.5 Å². The van der Waals surface area contributed by atoms with Gasteiger partial charge in [0.1, 0.15) is 0 Å². The number of aromatic amines is 1. The lowest BCUT2D eigenvalue weighted by Gasteiger charge is -2.11. The maximum absolute atomic E-state index is 12.2. The molecule has 2 aromatic carbocycles. The van der Waals surface area contributed by atoms with E-state index in [0.29, 0.717) is 22.6 Å². The maximum Gasteiger partial charge on any atom is 0.255 e. The van der Waals surface area contributed by atoms with Gasteiger partial charge in [-0.2, -0.15) is 5.21 Å². The highest BCUT2D eigenvalue weighted by Gasteiger charge is 2.08. The second kappa shape index (κ2) is 6.69. The Bertz CT molecular complexity index is 855. The molecule has 24 heavy (non-hydrogen) atoms. The zero-order chi connectivity index (χ0) is 16.9. The van der Waals surface area contributed by atoms with E-state index in [1.807, 2.05) is 0 Å². The number of nitrogens with one attached hydrogen (secondary N) is 2. The van der Waals surface area contributed by atoms with Crippen LogP contribution in [0.25, 0.3) is 11.4 Å². The van der Waals surface area contributed by atoms with Crippen molar-refractivity contribution in [3.05, 3.63) is 59.7 Å². The number of amides is 1. The summed E-state index contributed by atoms with van der Waals surface area (Å²) in [5.74, 6) is -0.0950. The summed E-state index contributed by atoms with van der Waals surface area (Å²) in [6.45, 7) is 0. The Morgan fingerprint density at radius 3 is 2.33 bits per heavy atom. The fourth-order valence-corrected chi connectivity index (χ4v) is 2.08. The third kappa shape index (κ3) is 3.27. The minimum Gasteiger partial charge on any atom is -0.859 e. The predicted molar refractivity (Wildman–Crippen MR) is 86.5 cm³/mol. The van der Waals surface area contributed by atoms with Gasteiger partial charge in [-0.1, -0.05) is 24.3 Å². The second-order valence-corrected chi connectivity index (χ2v) is 4.87. The molecule has 0 fully saturated rings. The molecular weight excluding hydrogens is 308 g/mol. The number of H-pyrrole nitrogens is 1. The van der Waals surface area contributed by atoms with Gasteiger partial charge in [-0.25, -0.2) is 0 Å². The number of anilines is 1. The van der Waals surface area contributed by atoms with Crippen LogP contribution >= 0.6 is 0 Å². The topological polar surface area (TPSA) is 119 Å². The van der Waals surface area contributed by atoms with Crippen LogP contribution in [0, 0.1) is 0 Å². The lowest BCUT2D eigenvalue weighted by atomic mass is 10.1. The molecule has 0 saturated heterocycles. The first-order valence-corrected chi connectivity index (χ1v) is 7.07. The Labute approximate surface area is 137 Å². The number of tetrazole rings is 1. The lowest BCUT2D eigenvalue weighted by Crippen LogP contribution is -2.18. The fourth-order valence-electron chi connectivity index (χ4n) is 2.08. The first-order chi connectivity index (χ1) is 11.7. The van der Waals surface area contributed by atoms with Crippen LogP contribution in [0.1, 0.15) is 15.9 Å². The minimum absolute atomic E-state index is 0.256. The van der Waals surface area contributed by atoms with Crippen molar-refractivity contribution in [1.82, 2.24) is 20.6 Å². The number of nitrogens with zero attached hydrogens (tertiary/aromatic N) is 4. The van der Waals surface area contributed by atoms with Crippen molar-refractivity contribution in [3.63, 3.8) is 0 Å². The van der Waals surface area contributed by atoms with Gasteiger partial charge in [-0.15, -0.1) is 10.2 Å². The smallest absolute Gasteiger partial charge is 0.255 e. The summed E-state index contributed by atoms with van der Waals surface area (Å²) in [5.41, 5.74) is 2.31. The average Bonchev–Trinajstić information content (AvgIpc) is 3.16. The number of aromatic nitrogens is 4. The van der Waals surface area contributed by atoms with E-state index in [4.69, 9.17) is 0 Å². The summed E-state index contributed by atoms with van der Waals surface area (Å²) in [7, 11) is 1.44. The molecule has 0 spiro atoms. The number of rotatable bonds is 4. The van der Waals surface area contributed by atoms with Gasteiger partial charge in [-0.3, -0.25) is 4.79 Å². The summed E-state index contributed by atoms with van der Waals surface area (Å²) < 4.78 is 0. The van der Waals surface area contributed by atoms with Crippen molar-refractivity contribution in [2.75, 3.05) is 12.4 Å². The fraction of sp³-hybridized carbons (Fsp3) is 0.0625. The van der Waals surface area contributed by atoms with Crippen molar-refractivity contribution in [2.24, 2.45) is 4.99 Å². The van der Waals surface area contributed by atoms with E-state index in [1.54, 1.807) is 48.5 Å². The normalized spacial score (nSPS) is 11.3. The SMILES string of the molecule is CN=C([O-])c1ccc(NC(=O)c2ccc(-c3nn[nH]n3)cc2)cc1. The summed E-state index contributed by atoms with van der Waals surface area (Å²) in [6, 6.07) is 13.4. The molecule has 2 N–H and O–H groups in total. The Hall–Kier alpha value is -3.55. The molecule has 0 unspecified atom stereocenters. The van der Waals surface area contributed by atoms with Gasteiger partial charge < -0.3 is 15.4 Å². The van der Waals surface area contributed by atoms with Crippen molar-refractivity contribution in [1.29, 1.82) is 0 Å². The zero-order valence-corrected chi connectivity index (χ0v) is 12.7. The Kier molecular flexibility index (Phi) is 4.28. The van der Waals surface area contributed by atoms with Crippen LogP contribution < -0.4 is 10.4 Å². The molecule has 8 heteroatoms. The van der Waals surface area contributed by atoms with Gasteiger partial charge in [0.2, 0.25) is 5.82 Å². The van der Waals surface area contributed by atoms with Crippen molar-refractivity contribution < 1.29 is 9.90 Å².